The molecule has 0 aromatic carbocycles. The van der Waals surface area contributed by atoms with E-state index < -0.39 is 0 Å². The molecule has 1 aromatic rings. The molecular formula is C15H20N4. The first-order valence-corrected chi connectivity index (χ1v) is 7.20. The van der Waals surface area contributed by atoms with Gasteiger partial charge in [0.05, 0.1) is 17.4 Å². The van der Waals surface area contributed by atoms with Crippen molar-refractivity contribution in [2.45, 2.75) is 31.7 Å². The van der Waals surface area contributed by atoms with Gasteiger partial charge in [0.1, 0.15) is 6.07 Å². The van der Waals surface area contributed by atoms with Crippen molar-refractivity contribution in [1.29, 1.82) is 5.26 Å². The van der Waals surface area contributed by atoms with Gasteiger partial charge in [0.15, 0.2) is 0 Å². The highest BCUT2D eigenvalue weighted by Crippen LogP contribution is 2.34. The number of aromatic nitrogens is 1. The van der Waals surface area contributed by atoms with Gasteiger partial charge in [-0.15, -0.1) is 0 Å². The Hall–Kier alpha value is -1.60. The van der Waals surface area contributed by atoms with E-state index in [-0.39, 0.29) is 0 Å². The maximum Gasteiger partial charge on any atom is 0.101 e. The first kappa shape index (κ1) is 12.4. The molecule has 4 nitrogen and oxygen atoms in total. The first-order chi connectivity index (χ1) is 9.38. The molecule has 0 amide bonds. The first-order valence-electron chi connectivity index (χ1n) is 7.20. The second-order valence-corrected chi connectivity index (χ2v) is 5.60. The van der Waals surface area contributed by atoms with Crippen LogP contribution in [-0.4, -0.2) is 30.7 Å². The third-order valence-electron chi connectivity index (χ3n) is 4.07. The van der Waals surface area contributed by atoms with Gasteiger partial charge in [0.25, 0.3) is 0 Å². The predicted octanol–water partition coefficient (Wildman–Crippen LogP) is 1.92. The van der Waals surface area contributed by atoms with Crippen molar-refractivity contribution in [2.75, 3.05) is 24.5 Å². The lowest BCUT2D eigenvalue weighted by molar-refractivity contribution is 0.376. The van der Waals surface area contributed by atoms with Crippen LogP contribution in [0.1, 0.15) is 31.2 Å². The van der Waals surface area contributed by atoms with Crippen molar-refractivity contribution in [3.63, 3.8) is 0 Å². The molecule has 2 fully saturated rings. The summed E-state index contributed by atoms with van der Waals surface area (Å²) in [5.41, 5.74) is 1.78. The Bertz CT molecular complexity index is 469. The molecule has 0 radical (unpaired) electrons. The minimum absolute atomic E-state index is 0.623. The number of rotatable bonds is 4. The average Bonchev–Trinajstić information content (AvgIpc) is 3.30. The molecule has 4 heteroatoms. The van der Waals surface area contributed by atoms with Crippen LogP contribution in [0.2, 0.25) is 0 Å². The van der Waals surface area contributed by atoms with Gasteiger partial charge in [-0.2, -0.15) is 5.26 Å². The summed E-state index contributed by atoms with van der Waals surface area (Å²) in [6, 6.07) is 4.75. The second-order valence-electron chi connectivity index (χ2n) is 5.60. The molecule has 0 bridgehead atoms. The molecule has 3 rings (SSSR count). The van der Waals surface area contributed by atoms with Crippen LogP contribution in [0.15, 0.2) is 18.5 Å². The van der Waals surface area contributed by atoms with Crippen molar-refractivity contribution >= 4 is 5.69 Å². The summed E-state index contributed by atoms with van der Waals surface area (Å²) >= 11 is 0. The lowest BCUT2D eigenvalue weighted by Gasteiger charge is -2.32. The Kier molecular flexibility index (Phi) is 3.65. The van der Waals surface area contributed by atoms with Gasteiger partial charge in [0, 0.05) is 18.8 Å². The van der Waals surface area contributed by atoms with E-state index in [4.69, 9.17) is 0 Å². The number of nitrogens with zero attached hydrogens (tertiary/aromatic N) is 3. The fraction of sp³-hybridized carbons (Fsp3) is 0.600. The quantitative estimate of drug-likeness (QED) is 0.894. The molecule has 1 saturated heterocycles. The van der Waals surface area contributed by atoms with E-state index in [1.807, 2.05) is 12.3 Å². The van der Waals surface area contributed by atoms with Crippen LogP contribution >= 0.6 is 0 Å². The summed E-state index contributed by atoms with van der Waals surface area (Å²) in [5.74, 6) is 0.695. The molecule has 1 N–H and O–H groups in total. The van der Waals surface area contributed by atoms with Crippen molar-refractivity contribution in [3.05, 3.63) is 24.0 Å². The molecule has 1 unspecified atom stereocenters. The van der Waals surface area contributed by atoms with Crippen LogP contribution in [0.25, 0.3) is 0 Å². The van der Waals surface area contributed by atoms with Gasteiger partial charge in [-0.3, -0.25) is 4.98 Å². The van der Waals surface area contributed by atoms with E-state index in [9.17, 15) is 5.26 Å². The summed E-state index contributed by atoms with van der Waals surface area (Å²) in [4.78, 5) is 6.63. The summed E-state index contributed by atoms with van der Waals surface area (Å²) < 4.78 is 0. The number of hydrogen-bond donors (Lipinski definition) is 1. The summed E-state index contributed by atoms with van der Waals surface area (Å²) in [7, 11) is 0. The summed E-state index contributed by atoms with van der Waals surface area (Å²) in [5, 5.41) is 12.7. The molecule has 0 spiro atoms. The standard InChI is InChI=1S/C15H20N4/c16-8-13-5-7-18-10-15(13)19(14-3-4-14)11-12-2-1-6-17-9-12/h5,7,10,12,14,17H,1-4,6,9,11H2. The molecule has 1 aromatic heterocycles. The van der Waals surface area contributed by atoms with Crippen LogP contribution in [0.3, 0.4) is 0 Å². The van der Waals surface area contributed by atoms with Crippen molar-refractivity contribution in [2.24, 2.45) is 5.92 Å². The van der Waals surface area contributed by atoms with Gasteiger partial charge >= 0.3 is 0 Å². The molecule has 1 atom stereocenters. The maximum absolute atomic E-state index is 9.26. The van der Waals surface area contributed by atoms with Gasteiger partial charge in [0.2, 0.25) is 0 Å². The Morgan fingerprint density at radius 2 is 2.32 bits per heavy atom. The highest BCUT2D eigenvalue weighted by atomic mass is 15.2. The molecule has 100 valence electrons. The number of nitrogens with one attached hydrogen (secondary N) is 1. The molecule has 1 aliphatic heterocycles. The molecule has 2 heterocycles. The molecule has 2 aliphatic rings. The van der Waals surface area contributed by atoms with E-state index in [2.05, 4.69) is 21.3 Å². The molecular weight excluding hydrogens is 236 g/mol. The lowest BCUT2D eigenvalue weighted by atomic mass is 9.98. The van der Waals surface area contributed by atoms with Gasteiger partial charge in [-0.1, -0.05) is 0 Å². The number of piperidine rings is 1. The zero-order valence-electron chi connectivity index (χ0n) is 11.2. The Morgan fingerprint density at radius 1 is 1.42 bits per heavy atom. The van der Waals surface area contributed by atoms with E-state index >= 15 is 0 Å². The normalized spacial score (nSPS) is 22.8. The van der Waals surface area contributed by atoms with E-state index in [0.717, 1.165) is 30.9 Å². The second kappa shape index (κ2) is 5.58. The smallest absolute Gasteiger partial charge is 0.101 e. The van der Waals surface area contributed by atoms with E-state index in [1.165, 1.54) is 25.7 Å². The van der Waals surface area contributed by atoms with Gasteiger partial charge < -0.3 is 10.2 Å². The van der Waals surface area contributed by atoms with Gasteiger partial charge in [-0.05, 0) is 50.8 Å². The Balaban J connectivity index is 1.78. The number of anilines is 1. The van der Waals surface area contributed by atoms with Crippen LogP contribution in [-0.2, 0) is 0 Å². The van der Waals surface area contributed by atoms with Crippen molar-refractivity contribution in [3.8, 4) is 6.07 Å². The number of pyridine rings is 1. The molecule has 1 aliphatic carbocycles. The predicted molar refractivity (Wildman–Crippen MR) is 74.9 cm³/mol. The van der Waals surface area contributed by atoms with Crippen LogP contribution in [0.4, 0.5) is 5.69 Å². The number of hydrogen-bond acceptors (Lipinski definition) is 4. The minimum atomic E-state index is 0.623. The monoisotopic (exact) mass is 256 g/mol. The van der Waals surface area contributed by atoms with Crippen molar-refractivity contribution < 1.29 is 0 Å². The molecule has 1 saturated carbocycles. The zero-order valence-corrected chi connectivity index (χ0v) is 11.2. The highest BCUT2D eigenvalue weighted by Gasteiger charge is 2.32. The third-order valence-corrected chi connectivity index (χ3v) is 4.07. The van der Waals surface area contributed by atoms with Gasteiger partial charge in [-0.25, -0.2) is 0 Å². The fourth-order valence-electron chi connectivity index (χ4n) is 2.90. The zero-order chi connectivity index (χ0) is 13.1. The van der Waals surface area contributed by atoms with Crippen LogP contribution in [0, 0.1) is 17.2 Å². The van der Waals surface area contributed by atoms with E-state index in [0.29, 0.717) is 12.0 Å². The minimum Gasteiger partial charge on any atom is -0.366 e. The van der Waals surface area contributed by atoms with Crippen molar-refractivity contribution in [1.82, 2.24) is 10.3 Å². The fourth-order valence-corrected chi connectivity index (χ4v) is 2.90. The lowest BCUT2D eigenvalue weighted by Crippen LogP contribution is -2.39. The maximum atomic E-state index is 9.26. The van der Waals surface area contributed by atoms with E-state index in [1.54, 1.807) is 6.20 Å². The number of nitriles is 1. The topological polar surface area (TPSA) is 52.0 Å². The third kappa shape index (κ3) is 2.87. The highest BCUT2D eigenvalue weighted by molar-refractivity contribution is 5.59. The van der Waals surface area contributed by atoms with Crippen LogP contribution in [0.5, 0.6) is 0 Å². The summed E-state index contributed by atoms with van der Waals surface area (Å²) in [6.07, 6.45) is 8.61. The van der Waals surface area contributed by atoms with Crippen LogP contribution < -0.4 is 10.2 Å². The Morgan fingerprint density at radius 3 is 3.00 bits per heavy atom. The molecule has 19 heavy (non-hydrogen) atoms. The average molecular weight is 256 g/mol. The SMILES string of the molecule is N#Cc1ccncc1N(CC1CCCNC1)C1CC1. The Labute approximate surface area is 114 Å². The largest absolute Gasteiger partial charge is 0.366 e. The summed E-state index contributed by atoms with van der Waals surface area (Å²) in [6.45, 7) is 3.31.